The molecular formula is C13H12BrFN2O2S. The summed E-state index contributed by atoms with van der Waals surface area (Å²) in [6.07, 6.45) is 0. The van der Waals surface area contributed by atoms with Crippen molar-refractivity contribution in [3.63, 3.8) is 0 Å². The molecule has 0 heterocycles. The highest BCUT2D eigenvalue weighted by molar-refractivity contribution is 9.10. The van der Waals surface area contributed by atoms with E-state index in [1.54, 1.807) is 12.1 Å². The largest absolute Gasteiger partial charge is 0.326 e. The molecular weight excluding hydrogens is 347 g/mol. The number of halogens is 2. The molecule has 0 radical (unpaired) electrons. The Morgan fingerprint density at radius 3 is 2.55 bits per heavy atom. The molecule has 0 amide bonds. The third-order valence-electron chi connectivity index (χ3n) is 2.60. The fraction of sp³-hybridized carbons (Fsp3) is 0.0769. The van der Waals surface area contributed by atoms with E-state index in [1.807, 2.05) is 0 Å². The second-order valence-electron chi connectivity index (χ2n) is 4.08. The van der Waals surface area contributed by atoms with Crippen LogP contribution < -0.4 is 10.5 Å². The normalized spacial score (nSPS) is 11.3. The maximum Gasteiger partial charge on any atom is 0.263 e. The van der Waals surface area contributed by atoms with E-state index in [-0.39, 0.29) is 10.6 Å². The average Bonchev–Trinajstić information content (AvgIpc) is 2.37. The average molecular weight is 359 g/mol. The molecule has 0 aliphatic rings. The van der Waals surface area contributed by atoms with Crippen LogP contribution in [0.3, 0.4) is 0 Å². The van der Waals surface area contributed by atoms with Gasteiger partial charge in [-0.05, 0) is 51.8 Å². The summed E-state index contributed by atoms with van der Waals surface area (Å²) in [7, 11) is -3.79. The number of nitrogens with two attached hydrogens (primary N) is 1. The predicted molar refractivity (Wildman–Crippen MR) is 79.2 cm³/mol. The number of sulfonamides is 1. The molecule has 0 atom stereocenters. The summed E-state index contributed by atoms with van der Waals surface area (Å²) in [6.45, 7) is 0.316. The van der Waals surface area contributed by atoms with Crippen molar-refractivity contribution >= 4 is 31.6 Å². The van der Waals surface area contributed by atoms with Crippen molar-refractivity contribution in [2.45, 2.75) is 11.4 Å². The van der Waals surface area contributed by atoms with Crippen LogP contribution in [0.1, 0.15) is 5.56 Å². The molecule has 2 aromatic rings. The van der Waals surface area contributed by atoms with Crippen LogP contribution in [-0.4, -0.2) is 8.42 Å². The summed E-state index contributed by atoms with van der Waals surface area (Å²) in [5, 5.41) is 0. The summed E-state index contributed by atoms with van der Waals surface area (Å²) in [5.74, 6) is -0.511. The molecule has 0 aliphatic carbocycles. The quantitative estimate of drug-likeness (QED) is 0.882. The van der Waals surface area contributed by atoms with E-state index < -0.39 is 15.8 Å². The lowest BCUT2D eigenvalue weighted by Gasteiger charge is -2.10. The molecule has 106 valence electrons. The van der Waals surface area contributed by atoms with Crippen LogP contribution in [0.4, 0.5) is 10.1 Å². The van der Waals surface area contributed by atoms with Gasteiger partial charge in [-0.1, -0.05) is 12.1 Å². The van der Waals surface area contributed by atoms with Crippen LogP contribution >= 0.6 is 15.9 Å². The Morgan fingerprint density at radius 2 is 1.95 bits per heavy atom. The topological polar surface area (TPSA) is 72.2 Å². The first-order valence-electron chi connectivity index (χ1n) is 5.69. The van der Waals surface area contributed by atoms with Crippen molar-refractivity contribution in [3.05, 3.63) is 58.3 Å². The minimum absolute atomic E-state index is 0.0685. The predicted octanol–water partition coefficient (Wildman–Crippen LogP) is 2.85. The number of hydrogen-bond acceptors (Lipinski definition) is 3. The second-order valence-corrected chi connectivity index (χ2v) is 6.59. The van der Waals surface area contributed by atoms with Gasteiger partial charge in [-0.2, -0.15) is 0 Å². The van der Waals surface area contributed by atoms with Gasteiger partial charge in [0, 0.05) is 11.0 Å². The molecule has 2 aromatic carbocycles. The van der Waals surface area contributed by atoms with Crippen LogP contribution in [0, 0.1) is 5.82 Å². The van der Waals surface area contributed by atoms with Gasteiger partial charge in [0.25, 0.3) is 10.0 Å². The van der Waals surface area contributed by atoms with Gasteiger partial charge in [0.1, 0.15) is 10.7 Å². The van der Waals surface area contributed by atoms with Gasteiger partial charge < -0.3 is 5.73 Å². The molecule has 0 aliphatic heterocycles. The van der Waals surface area contributed by atoms with Crippen molar-refractivity contribution < 1.29 is 12.8 Å². The zero-order valence-electron chi connectivity index (χ0n) is 10.3. The van der Waals surface area contributed by atoms with Gasteiger partial charge in [0.15, 0.2) is 0 Å². The monoisotopic (exact) mass is 358 g/mol. The van der Waals surface area contributed by atoms with Gasteiger partial charge in [0.2, 0.25) is 0 Å². The Kier molecular flexibility index (Phi) is 4.42. The fourth-order valence-corrected chi connectivity index (χ4v) is 3.83. The van der Waals surface area contributed by atoms with Crippen molar-refractivity contribution in [2.75, 3.05) is 4.72 Å². The minimum Gasteiger partial charge on any atom is -0.326 e. The number of benzene rings is 2. The molecule has 20 heavy (non-hydrogen) atoms. The number of hydrogen-bond donors (Lipinski definition) is 2. The third kappa shape index (κ3) is 3.36. The van der Waals surface area contributed by atoms with Crippen molar-refractivity contribution in [2.24, 2.45) is 5.73 Å². The smallest absolute Gasteiger partial charge is 0.263 e. The molecule has 0 aromatic heterocycles. The molecule has 0 saturated carbocycles. The molecule has 0 unspecified atom stereocenters. The molecule has 3 N–H and O–H groups in total. The lowest BCUT2D eigenvalue weighted by atomic mass is 10.2. The summed E-state index contributed by atoms with van der Waals surface area (Å²) in [5.41, 5.74) is 6.46. The van der Waals surface area contributed by atoms with Crippen LogP contribution in [0.2, 0.25) is 0 Å². The van der Waals surface area contributed by atoms with E-state index >= 15 is 0 Å². The van der Waals surface area contributed by atoms with Crippen molar-refractivity contribution in [1.82, 2.24) is 0 Å². The summed E-state index contributed by atoms with van der Waals surface area (Å²) in [4.78, 5) is 0.0685. The highest BCUT2D eigenvalue weighted by atomic mass is 79.9. The maximum atomic E-state index is 13.1. The van der Waals surface area contributed by atoms with E-state index in [0.29, 0.717) is 11.0 Å². The Hall–Kier alpha value is -1.44. The SMILES string of the molecule is NCc1ccc(S(=O)(=O)Nc2cccc(F)c2)c(Br)c1. The Labute approximate surface area is 125 Å². The van der Waals surface area contributed by atoms with Gasteiger partial charge in [0.05, 0.1) is 5.69 Å². The lowest BCUT2D eigenvalue weighted by molar-refractivity contribution is 0.600. The molecule has 7 heteroatoms. The highest BCUT2D eigenvalue weighted by Crippen LogP contribution is 2.25. The molecule has 4 nitrogen and oxygen atoms in total. The Balaban J connectivity index is 2.36. The lowest BCUT2D eigenvalue weighted by Crippen LogP contribution is -2.14. The van der Waals surface area contributed by atoms with E-state index in [2.05, 4.69) is 20.7 Å². The highest BCUT2D eigenvalue weighted by Gasteiger charge is 2.18. The zero-order chi connectivity index (χ0) is 14.8. The molecule has 0 bridgehead atoms. The Morgan fingerprint density at radius 1 is 1.20 bits per heavy atom. The first kappa shape index (κ1) is 15.0. The standard InChI is InChI=1S/C13H12BrFN2O2S/c14-12-6-9(8-16)4-5-13(12)20(18,19)17-11-3-1-2-10(15)7-11/h1-7,17H,8,16H2. The zero-order valence-corrected chi connectivity index (χ0v) is 12.7. The van der Waals surface area contributed by atoms with E-state index in [9.17, 15) is 12.8 Å². The first-order chi connectivity index (χ1) is 9.42. The van der Waals surface area contributed by atoms with Crippen LogP contribution in [0.15, 0.2) is 51.8 Å². The Bertz CT molecular complexity index is 735. The molecule has 2 rings (SSSR count). The molecule has 0 fully saturated rings. The van der Waals surface area contributed by atoms with E-state index in [4.69, 9.17) is 5.73 Å². The van der Waals surface area contributed by atoms with Gasteiger partial charge in [-0.15, -0.1) is 0 Å². The van der Waals surface area contributed by atoms with Gasteiger partial charge in [-0.25, -0.2) is 12.8 Å². The third-order valence-corrected chi connectivity index (χ3v) is 4.96. The van der Waals surface area contributed by atoms with Crippen molar-refractivity contribution in [3.8, 4) is 0 Å². The fourth-order valence-electron chi connectivity index (χ4n) is 1.65. The van der Waals surface area contributed by atoms with E-state index in [0.717, 1.165) is 11.6 Å². The maximum absolute atomic E-state index is 13.1. The molecule has 0 spiro atoms. The summed E-state index contributed by atoms with van der Waals surface area (Å²) < 4.78 is 40.3. The van der Waals surface area contributed by atoms with Crippen molar-refractivity contribution in [1.29, 1.82) is 0 Å². The van der Waals surface area contributed by atoms with Gasteiger partial charge >= 0.3 is 0 Å². The minimum atomic E-state index is -3.79. The van der Waals surface area contributed by atoms with Gasteiger partial charge in [-0.3, -0.25) is 4.72 Å². The number of rotatable bonds is 4. The van der Waals surface area contributed by atoms with Crippen LogP contribution in [0.5, 0.6) is 0 Å². The second kappa shape index (κ2) is 5.90. The summed E-state index contributed by atoms with van der Waals surface area (Å²) >= 11 is 3.20. The summed E-state index contributed by atoms with van der Waals surface area (Å²) in [6, 6.07) is 9.98. The molecule has 0 saturated heterocycles. The number of nitrogens with one attached hydrogen (secondary N) is 1. The van der Waals surface area contributed by atoms with Crippen LogP contribution in [-0.2, 0) is 16.6 Å². The first-order valence-corrected chi connectivity index (χ1v) is 7.97. The number of anilines is 1. The van der Waals surface area contributed by atoms with E-state index in [1.165, 1.54) is 24.3 Å². The van der Waals surface area contributed by atoms with Crippen LogP contribution in [0.25, 0.3) is 0 Å².